The van der Waals surface area contributed by atoms with Crippen LogP contribution in [0.15, 0.2) is 42.6 Å². The monoisotopic (exact) mass is 612 g/mol. The summed E-state index contributed by atoms with van der Waals surface area (Å²) in [6.07, 6.45) is 1.19. The van der Waals surface area contributed by atoms with E-state index in [9.17, 15) is 18.0 Å². The van der Waals surface area contributed by atoms with Gasteiger partial charge in [-0.05, 0) is 62.7 Å². The largest absolute Gasteiger partial charge is 1.00 e. The van der Waals surface area contributed by atoms with Crippen LogP contribution in [0.1, 0.15) is 47.7 Å². The number of alkyl halides is 2. The molecule has 188 valence electrons. The van der Waals surface area contributed by atoms with Gasteiger partial charge in [0.2, 0.25) is 6.43 Å². The molecule has 0 aliphatic carbocycles. The normalized spacial score (nSPS) is 10.4. The van der Waals surface area contributed by atoms with Gasteiger partial charge in [0.25, 0.3) is 0 Å². The topological polar surface area (TPSA) is 65.6 Å². The summed E-state index contributed by atoms with van der Waals surface area (Å²) in [7, 11) is 1.68. The number of aromatic amines is 1. The van der Waals surface area contributed by atoms with Gasteiger partial charge in [-0.25, -0.2) is 18.0 Å². The molecule has 0 radical (unpaired) electrons. The maximum absolute atomic E-state index is 12.5. The molecule has 3 rings (SSSR count). The van der Waals surface area contributed by atoms with E-state index in [4.69, 9.17) is 9.84 Å². The zero-order valence-electron chi connectivity index (χ0n) is 21.2. The van der Waals surface area contributed by atoms with E-state index in [0.29, 0.717) is 13.0 Å². The Morgan fingerprint density at radius 3 is 2.43 bits per heavy atom. The average Bonchev–Trinajstić information content (AvgIpc) is 3.26. The van der Waals surface area contributed by atoms with Crippen LogP contribution in [0.2, 0.25) is 0 Å². The second-order valence-electron chi connectivity index (χ2n) is 7.74. The fraction of sp³-hybridized carbons (Fsp3) is 0.385. The van der Waals surface area contributed by atoms with Crippen molar-refractivity contribution in [3.63, 3.8) is 0 Å². The minimum atomic E-state index is -2.22. The standard InChI is InChI=1S/C18H26F2N2O.C7H5FO2.CH3.Cs/c1-4-9-22(10-5-6-17(19)20)12-15-14-7-8-21-18(14)13(2)11-16(15)23-3;8-6-4-2-1-3-5(6)7(9)10;;/h7-8,11,17,21H,4-6,9-10,12H2,1-3H3;1-4H,(H,9,10);1H3;/q;;-1;+1. The van der Waals surface area contributed by atoms with E-state index in [-0.39, 0.29) is 88.3 Å². The summed E-state index contributed by atoms with van der Waals surface area (Å²) in [5.74, 6) is -1.07. The predicted molar refractivity (Wildman–Crippen MR) is 130 cm³/mol. The molecule has 3 aromatic rings. The van der Waals surface area contributed by atoms with Crippen LogP contribution in [0.4, 0.5) is 13.2 Å². The number of fused-ring (bicyclic) bond motifs is 1. The molecular formula is C26H34CsF3N2O3. The number of aryl methyl sites for hydroxylation is 1. The fourth-order valence-electron chi connectivity index (χ4n) is 3.69. The molecule has 0 atom stereocenters. The molecule has 5 nitrogen and oxygen atoms in total. The van der Waals surface area contributed by atoms with Gasteiger partial charge in [0.1, 0.15) is 11.6 Å². The summed E-state index contributed by atoms with van der Waals surface area (Å²) in [6, 6.07) is 9.36. The minimum Gasteiger partial charge on any atom is -0.496 e. The number of aromatic nitrogens is 1. The molecule has 2 N–H and O–H groups in total. The molecule has 1 heterocycles. The Kier molecular flexibility index (Phi) is 17.0. The molecule has 0 unspecified atom stereocenters. The second kappa shape index (κ2) is 17.5. The summed E-state index contributed by atoms with van der Waals surface area (Å²) in [4.78, 5) is 15.7. The fourth-order valence-corrected chi connectivity index (χ4v) is 3.69. The number of rotatable bonds is 10. The van der Waals surface area contributed by atoms with E-state index in [1.165, 1.54) is 18.2 Å². The van der Waals surface area contributed by atoms with Gasteiger partial charge in [0, 0.05) is 35.6 Å². The van der Waals surface area contributed by atoms with Crippen LogP contribution < -0.4 is 73.6 Å². The first-order valence-corrected chi connectivity index (χ1v) is 10.9. The summed E-state index contributed by atoms with van der Waals surface area (Å²) in [5, 5.41) is 9.48. The van der Waals surface area contributed by atoms with Crippen LogP contribution in [-0.4, -0.2) is 47.6 Å². The van der Waals surface area contributed by atoms with Gasteiger partial charge < -0.3 is 22.3 Å². The molecule has 35 heavy (non-hydrogen) atoms. The summed E-state index contributed by atoms with van der Waals surface area (Å²) in [5.41, 5.74) is 3.09. The van der Waals surface area contributed by atoms with Crippen molar-refractivity contribution in [1.29, 1.82) is 0 Å². The van der Waals surface area contributed by atoms with E-state index in [2.05, 4.69) is 29.8 Å². The molecule has 0 bridgehead atoms. The Morgan fingerprint density at radius 1 is 1.20 bits per heavy atom. The number of hydrogen-bond donors (Lipinski definition) is 2. The van der Waals surface area contributed by atoms with E-state index in [1.54, 1.807) is 7.11 Å². The zero-order valence-corrected chi connectivity index (χ0v) is 27.5. The number of methoxy groups -OCH3 is 1. The molecule has 0 saturated heterocycles. The minimum absolute atomic E-state index is 0. The number of ether oxygens (including phenoxy) is 1. The molecule has 0 aliphatic heterocycles. The first-order chi connectivity index (χ1) is 15.8. The average molecular weight is 612 g/mol. The van der Waals surface area contributed by atoms with Gasteiger partial charge in [-0.1, -0.05) is 19.1 Å². The Bertz CT molecular complexity index is 1040. The number of benzene rings is 2. The summed E-state index contributed by atoms with van der Waals surface area (Å²) < 4.78 is 42.8. The third-order valence-electron chi connectivity index (χ3n) is 5.25. The number of nitrogens with one attached hydrogen (secondary N) is 1. The van der Waals surface area contributed by atoms with E-state index >= 15 is 0 Å². The van der Waals surface area contributed by atoms with Gasteiger partial charge in [0.05, 0.1) is 12.7 Å². The number of nitrogens with zero attached hydrogens (tertiary/aromatic N) is 1. The predicted octanol–water partition coefficient (Wildman–Crippen LogP) is 3.72. The van der Waals surface area contributed by atoms with Crippen molar-refractivity contribution in [2.75, 3.05) is 20.2 Å². The molecule has 0 saturated carbocycles. The summed E-state index contributed by atoms with van der Waals surface area (Å²) in [6.45, 7) is 6.46. The molecule has 0 spiro atoms. The summed E-state index contributed by atoms with van der Waals surface area (Å²) >= 11 is 0. The van der Waals surface area contributed by atoms with E-state index < -0.39 is 18.2 Å². The molecule has 9 heteroatoms. The molecule has 0 aliphatic rings. The van der Waals surface area contributed by atoms with Crippen LogP contribution in [0.3, 0.4) is 0 Å². The van der Waals surface area contributed by atoms with Crippen LogP contribution in [-0.2, 0) is 6.54 Å². The van der Waals surface area contributed by atoms with Crippen LogP contribution in [0, 0.1) is 20.2 Å². The maximum Gasteiger partial charge on any atom is 1.00 e. The van der Waals surface area contributed by atoms with Crippen LogP contribution >= 0.6 is 0 Å². The Labute approximate surface area is 264 Å². The quantitative estimate of drug-likeness (QED) is 0.343. The van der Waals surface area contributed by atoms with Crippen molar-refractivity contribution >= 4 is 16.9 Å². The number of halogens is 3. The van der Waals surface area contributed by atoms with Gasteiger partial charge in [-0.3, -0.25) is 4.90 Å². The van der Waals surface area contributed by atoms with Crippen LogP contribution in [0.25, 0.3) is 10.9 Å². The van der Waals surface area contributed by atoms with E-state index in [0.717, 1.165) is 53.4 Å². The molecule has 0 amide bonds. The molecule has 0 fully saturated rings. The third-order valence-corrected chi connectivity index (χ3v) is 5.25. The van der Waals surface area contributed by atoms with E-state index in [1.807, 2.05) is 12.3 Å². The van der Waals surface area contributed by atoms with Crippen molar-refractivity contribution in [1.82, 2.24) is 9.88 Å². The number of aromatic carboxylic acids is 1. The number of hydrogen-bond acceptors (Lipinski definition) is 3. The number of H-pyrrole nitrogens is 1. The van der Waals surface area contributed by atoms with Crippen LogP contribution in [0.5, 0.6) is 5.75 Å². The Morgan fingerprint density at radius 2 is 1.89 bits per heavy atom. The first-order valence-electron chi connectivity index (χ1n) is 10.9. The number of carbonyl (C=O) groups is 1. The van der Waals surface area contributed by atoms with Crippen molar-refractivity contribution in [3.8, 4) is 5.75 Å². The third kappa shape index (κ3) is 10.5. The maximum atomic E-state index is 12.5. The van der Waals surface area contributed by atoms with Crippen molar-refractivity contribution < 1.29 is 96.7 Å². The van der Waals surface area contributed by atoms with Gasteiger partial charge >= 0.3 is 74.9 Å². The van der Waals surface area contributed by atoms with Gasteiger partial charge in [0.15, 0.2) is 0 Å². The molecule has 2 aromatic carbocycles. The molecular weight excluding hydrogens is 578 g/mol. The smallest absolute Gasteiger partial charge is 0.496 e. The van der Waals surface area contributed by atoms with Gasteiger partial charge in [-0.2, -0.15) is 0 Å². The molecule has 1 aromatic heterocycles. The number of carboxylic acids is 1. The van der Waals surface area contributed by atoms with Crippen molar-refractivity contribution in [2.24, 2.45) is 0 Å². The van der Waals surface area contributed by atoms with Crippen molar-refractivity contribution in [2.45, 2.75) is 46.1 Å². The Hall–Kier alpha value is -0.948. The first kappa shape index (κ1) is 34.1. The second-order valence-corrected chi connectivity index (χ2v) is 7.74. The Balaban J connectivity index is 0.000000816. The SMILES string of the molecule is CCCN(CCCC(F)F)Cc1c(OC)cc(C)c2[nH]ccc12.O=C(O)c1ccccc1F.[CH3-].[Cs+]. The van der Waals surface area contributed by atoms with Gasteiger partial charge in [-0.15, -0.1) is 0 Å². The number of carboxylic acid groups (broad SMARTS) is 1. The van der Waals surface area contributed by atoms with Crippen molar-refractivity contribution in [3.05, 3.63) is 72.5 Å². The zero-order chi connectivity index (χ0) is 24.4.